The van der Waals surface area contributed by atoms with Crippen LogP contribution in [0.4, 0.5) is 10.2 Å². The molecule has 7 heteroatoms. The molecule has 142 valence electrons. The van der Waals surface area contributed by atoms with E-state index in [4.69, 9.17) is 11.6 Å². The maximum absolute atomic E-state index is 14.0. The minimum absolute atomic E-state index is 0.0652. The Morgan fingerprint density at radius 1 is 0.893 bits per heavy atom. The molecule has 0 bridgehead atoms. The van der Waals surface area contributed by atoms with Crippen molar-refractivity contribution in [3.8, 4) is 11.3 Å². The molecule has 3 aromatic rings. The highest BCUT2D eigenvalue weighted by Gasteiger charge is 2.26. The molecule has 0 spiro atoms. The Labute approximate surface area is 167 Å². The van der Waals surface area contributed by atoms with Crippen molar-refractivity contribution in [1.82, 2.24) is 15.1 Å². The lowest BCUT2D eigenvalue weighted by Crippen LogP contribution is -2.49. The smallest absolute Gasteiger partial charge is 0.258 e. The first-order valence-corrected chi connectivity index (χ1v) is 9.38. The monoisotopic (exact) mass is 396 g/mol. The Morgan fingerprint density at radius 3 is 2.29 bits per heavy atom. The first kappa shape index (κ1) is 18.4. The average Bonchev–Trinajstić information content (AvgIpc) is 2.74. The second-order valence-electron chi connectivity index (χ2n) is 6.52. The van der Waals surface area contributed by atoms with Crippen LogP contribution in [0.25, 0.3) is 11.3 Å². The van der Waals surface area contributed by atoms with E-state index in [0.717, 1.165) is 17.1 Å². The number of halogens is 2. The molecule has 0 saturated carbocycles. The summed E-state index contributed by atoms with van der Waals surface area (Å²) in [6.45, 7) is 2.12. The molecule has 1 saturated heterocycles. The molecule has 1 fully saturated rings. The molecule has 0 atom stereocenters. The highest BCUT2D eigenvalue weighted by molar-refractivity contribution is 6.33. The Kier molecular flexibility index (Phi) is 5.21. The number of rotatable bonds is 3. The summed E-state index contributed by atoms with van der Waals surface area (Å²) in [5, 5.41) is 8.77. The summed E-state index contributed by atoms with van der Waals surface area (Å²) in [6.07, 6.45) is 0. The zero-order valence-corrected chi connectivity index (χ0v) is 15.8. The number of anilines is 1. The lowest BCUT2D eigenvalue weighted by molar-refractivity contribution is 0.0742. The number of carbonyl (C=O) groups is 1. The number of hydrogen-bond donors (Lipinski definition) is 0. The van der Waals surface area contributed by atoms with Gasteiger partial charge in [-0.1, -0.05) is 48.0 Å². The quantitative estimate of drug-likeness (QED) is 0.673. The van der Waals surface area contributed by atoms with E-state index in [9.17, 15) is 9.18 Å². The molecule has 2 aromatic carbocycles. The molecule has 2 heterocycles. The van der Waals surface area contributed by atoms with Crippen LogP contribution in [0.2, 0.25) is 5.02 Å². The normalized spacial score (nSPS) is 14.2. The van der Waals surface area contributed by atoms with Crippen LogP contribution in [0.15, 0.2) is 60.7 Å². The van der Waals surface area contributed by atoms with Gasteiger partial charge in [0.1, 0.15) is 5.82 Å². The van der Waals surface area contributed by atoms with Crippen LogP contribution in [0, 0.1) is 5.82 Å². The van der Waals surface area contributed by atoms with E-state index in [-0.39, 0.29) is 16.5 Å². The first-order chi connectivity index (χ1) is 13.6. The molecular formula is C21H18ClFN4O. The van der Waals surface area contributed by atoms with Crippen LogP contribution < -0.4 is 4.90 Å². The molecule has 1 aliphatic heterocycles. The topological polar surface area (TPSA) is 49.3 Å². The number of hydrogen-bond acceptors (Lipinski definition) is 4. The summed E-state index contributed by atoms with van der Waals surface area (Å²) in [6, 6.07) is 18.0. The summed E-state index contributed by atoms with van der Waals surface area (Å²) in [4.78, 5) is 16.3. The van der Waals surface area contributed by atoms with Crippen LogP contribution >= 0.6 is 11.6 Å². The lowest BCUT2D eigenvalue weighted by atomic mass is 10.1. The standard InChI is InChI=1S/C21H18ClFN4O/c22-16-7-4-8-17(23)20(16)21(28)27-13-11-26(12-14-27)19-10-9-18(24-25-19)15-5-2-1-3-6-15/h1-10H,11-14H2. The minimum atomic E-state index is -0.595. The summed E-state index contributed by atoms with van der Waals surface area (Å²) in [5.41, 5.74) is 1.76. The maximum Gasteiger partial charge on any atom is 0.258 e. The van der Waals surface area contributed by atoms with E-state index in [1.807, 2.05) is 42.5 Å². The zero-order valence-electron chi connectivity index (χ0n) is 15.1. The van der Waals surface area contributed by atoms with Gasteiger partial charge in [-0.3, -0.25) is 4.79 Å². The van der Waals surface area contributed by atoms with E-state index < -0.39 is 5.82 Å². The molecule has 0 radical (unpaired) electrons. The number of nitrogens with zero attached hydrogens (tertiary/aromatic N) is 4. The number of amides is 1. The Bertz CT molecular complexity index is 953. The third-order valence-electron chi connectivity index (χ3n) is 4.79. The molecule has 5 nitrogen and oxygen atoms in total. The van der Waals surface area contributed by atoms with Crippen molar-refractivity contribution in [3.05, 3.63) is 77.1 Å². The van der Waals surface area contributed by atoms with Crippen LogP contribution in [0.1, 0.15) is 10.4 Å². The van der Waals surface area contributed by atoms with Crippen LogP contribution in [-0.2, 0) is 0 Å². The van der Waals surface area contributed by atoms with Crippen molar-refractivity contribution in [1.29, 1.82) is 0 Å². The highest BCUT2D eigenvalue weighted by atomic mass is 35.5. The minimum Gasteiger partial charge on any atom is -0.352 e. The Hall–Kier alpha value is -2.99. The summed E-state index contributed by atoms with van der Waals surface area (Å²) >= 11 is 6.02. The fourth-order valence-corrected chi connectivity index (χ4v) is 3.50. The molecule has 4 rings (SSSR count). The number of carbonyl (C=O) groups excluding carboxylic acids is 1. The van der Waals surface area contributed by atoms with E-state index in [1.165, 1.54) is 18.2 Å². The number of benzene rings is 2. The molecule has 1 aliphatic rings. The van der Waals surface area contributed by atoms with Gasteiger partial charge in [-0.05, 0) is 24.3 Å². The molecular weight excluding hydrogens is 379 g/mol. The van der Waals surface area contributed by atoms with Gasteiger partial charge in [0.05, 0.1) is 16.3 Å². The summed E-state index contributed by atoms with van der Waals surface area (Å²) in [5.74, 6) is -0.216. The third kappa shape index (κ3) is 3.68. The van der Waals surface area contributed by atoms with Gasteiger partial charge in [0.25, 0.3) is 5.91 Å². The predicted molar refractivity (Wildman–Crippen MR) is 107 cm³/mol. The van der Waals surface area contributed by atoms with Crippen molar-refractivity contribution in [2.45, 2.75) is 0 Å². The van der Waals surface area contributed by atoms with Crippen molar-refractivity contribution < 1.29 is 9.18 Å². The van der Waals surface area contributed by atoms with Gasteiger partial charge in [0.2, 0.25) is 0 Å². The molecule has 0 unspecified atom stereocenters. The second kappa shape index (κ2) is 7.94. The van der Waals surface area contributed by atoms with Crippen molar-refractivity contribution in [3.63, 3.8) is 0 Å². The van der Waals surface area contributed by atoms with Crippen LogP contribution in [0.3, 0.4) is 0 Å². The average molecular weight is 397 g/mol. The van der Waals surface area contributed by atoms with E-state index in [1.54, 1.807) is 4.90 Å². The van der Waals surface area contributed by atoms with Crippen LogP contribution in [-0.4, -0.2) is 47.2 Å². The van der Waals surface area contributed by atoms with E-state index >= 15 is 0 Å². The molecule has 0 aliphatic carbocycles. The zero-order chi connectivity index (χ0) is 19.5. The Balaban J connectivity index is 1.42. The number of aromatic nitrogens is 2. The molecule has 28 heavy (non-hydrogen) atoms. The van der Waals surface area contributed by atoms with Gasteiger partial charge in [-0.25, -0.2) is 4.39 Å². The summed E-state index contributed by atoms with van der Waals surface area (Å²) in [7, 11) is 0. The van der Waals surface area contributed by atoms with Gasteiger partial charge >= 0.3 is 0 Å². The van der Waals surface area contributed by atoms with Gasteiger partial charge in [0, 0.05) is 31.7 Å². The van der Waals surface area contributed by atoms with Crippen molar-refractivity contribution in [2.75, 3.05) is 31.1 Å². The van der Waals surface area contributed by atoms with Gasteiger partial charge < -0.3 is 9.80 Å². The fraction of sp³-hybridized carbons (Fsp3) is 0.190. The Morgan fingerprint density at radius 2 is 1.64 bits per heavy atom. The summed E-state index contributed by atoms with van der Waals surface area (Å²) < 4.78 is 14.0. The van der Waals surface area contributed by atoms with Gasteiger partial charge in [-0.15, -0.1) is 10.2 Å². The van der Waals surface area contributed by atoms with E-state index in [2.05, 4.69) is 15.1 Å². The highest BCUT2D eigenvalue weighted by Crippen LogP contribution is 2.23. The van der Waals surface area contributed by atoms with Crippen molar-refractivity contribution in [2.24, 2.45) is 0 Å². The molecule has 1 amide bonds. The molecule has 1 aromatic heterocycles. The fourth-order valence-electron chi connectivity index (χ4n) is 3.26. The maximum atomic E-state index is 14.0. The predicted octanol–water partition coefficient (Wildman–Crippen LogP) is 3.90. The third-order valence-corrected chi connectivity index (χ3v) is 5.10. The lowest BCUT2D eigenvalue weighted by Gasteiger charge is -2.35. The van der Waals surface area contributed by atoms with Gasteiger partial charge in [0.15, 0.2) is 5.82 Å². The second-order valence-corrected chi connectivity index (χ2v) is 6.93. The first-order valence-electron chi connectivity index (χ1n) is 9.01. The largest absolute Gasteiger partial charge is 0.352 e. The number of piperazine rings is 1. The van der Waals surface area contributed by atoms with Crippen molar-refractivity contribution >= 4 is 23.3 Å². The molecule has 0 N–H and O–H groups in total. The van der Waals surface area contributed by atoms with E-state index in [0.29, 0.717) is 26.2 Å². The van der Waals surface area contributed by atoms with Gasteiger partial charge in [-0.2, -0.15) is 0 Å². The SMILES string of the molecule is O=C(c1c(F)cccc1Cl)N1CCN(c2ccc(-c3ccccc3)nn2)CC1. The van der Waals surface area contributed by atoms with Crippen LogP contribution in [0.5, 0.6) is 0 Å².